The Morgan fingerprint density at radius 2 is 2.11 bits per heavy atom. The second kappa shape index (κ2) is 6.94. The fourth-order valence-corrected chi connectivity index (χ4v) is 3.64. The van der Waals surface area contributed by atoms with Gasteiger partial charge in [-0.1, -0.05) is 25.3 Å². The number of thioether (sulfide) groups is 1. The molecule has 0 radical (unpaired) electrons. The Morgan fingerprint density at radius 1 is 1.37 bits per heavy atom. The van der Waals surface area contributed by atoms with E-state index in [1.165, 1.54) is 51.3 Å². The normalized spacial score (nSPS) is 16.3. The molecule has 1 aromatic carbocycles. The molecule has 1 aromatic rings. The minimum atomic E-state index is -0.621. The average Bonchev–Trinajstić information content (AvgIpc) is 2.45. The van der Waals surface area contributed by atoms with Crippen LogP contribution in [0.2, 0.25) is 0 Å². The van der Waals surface area contributed by atoms with Crippen molar-refractivity contribution in [3.05, 3.63) is 35.1 Å². The summed E-state index contributed by atoms with van der Waals surface area (Å²) in [4.78, 5) is 11.3. The maximum absolute atomic E-state index is 13.7. The quantitative estimate of drug-likeness (QED) is 0.775. The lowest BCUT2D eigenvalue weighted by atomic mass is 10.0. The number of carbonyl (C=O) groups is 1. The van der Waals surface area contributed by atoms with Gasteiger partial charge >= 0.3 is 5.97 Å². The van der Waals surface area contributed by atoms with Crippen molar-refractivity contribution in [1.29, 1.82) is 0 Å². The van der Waals surface area contributed by atoms with E-state index in [-0.39, 0.29) is 5.56 Å². The molecular formula is C15H19FO2S. The molecule has 0 atom stereocenters. The maximum Gasteiger partial charge on any atom is 0.340 e. The van der Waals surface area contributed by atoms with Crippen LogP contribution in [0.3, 0.4) is 0 Å². The maximum atomic E-state index is 13.7. The van der Waals surface area contributed by atoms with Crippen molar-refractivity contribution < 1.29 is 13.9 Å². The van der Waals surface area contributed by atoms with Crippen LogP contribution in [0.25, 0.3) is 0 Å². The van der Waals surface area contributed by atoms with Gasteiger partial charge in [-0.15, -0.1) is 0 Å². The summed E-state index contributed by atoms with van der Waals surface area (Å²) in [5.74, 6) is -0.305. The molecule has 0 heterocycles. The molecule has 19 heavy (non-hydrogen) atoms. The van der Waals surface area contributed by atoms with Crippen LogP contribution in [0.4, 0.5) is 4.39 Å². The molecule has 0 N–H and O–H groups in total. The van der Waals surface area contributed by atoms with Gasteiger partial charge in [0.05, 0.1) is 12.7 Å². The topological polar surface area (TPSA) is 26.3 Å². The predicted molar refractivity (Wildman–Crippen MR) is 75.9 cm³/mol. The summed E-state index contributed by atoms with van der Waals surface area (Å²) in [5.41, 5.74) is 0.939. The molecule has 4 heteroatoms. The zero-order valence-electron chi connectivity index (χ0n) is 11.2. The Morgan fingerprint density at radius 3 is 2.74 bits per heavy atom. The molecule has 0 amide bonds. The fourth-order valence-electron chi connectivity index (χ4n) is 2.37. The SMILES string of the molecule is COC(=O)c1ccc(CSC2CCCCC2)cc1F. The minimum Gasteiger partial charge on any atom is -0.465 e. The standard InChI is InChI=1S/C15H19FO2S/c1-18-15(17)13-8-7-11(9-14(13)16)10-19-12-5-3-2-4-6-12/h7-9,12H,2-6,10H2,1H3. The highest BCUT2D eigenvalue weighted by Gasteiger charge is 2.15. The van der Waals surface area contributed by atoms with Gasteiger partial charge in [-0.3, -0.25) is 0 Å². The zero-order chi connectivity index (χ0) is 13.7. The molecule has 0 aromatic heterocycles. The first-order valence-corrected chi connectivity index (χ1v) is 7.74. The lowest BCUT2D eigenvalue weighted by Crippen LogP contribution is -2.08. The summed E-state index contributed by atoms with van der Waals surface area (Å²) in [6, 6.07) is 4.77. The van der Waals surface area contributed by atoms with Crippen LogP contribution < -0.4 is 0 Å². The van der Waals surface area contributed by atoms with Gasteiger partial charge in [0, 0.05) is 11.0 Å². The minimum absolute atomic E-state index is 0.00826. The van der Waals surface area contributed by atoms with Gasteiger partial charge in [-0.25, -0.2) is 9.18 Å². The first-order chi connectivity index (χ1) is 9.20. The lowest BCUT2D eigenvalue weighted by molar-refractivity contribution is 0.0595. The summed E-state index contributed by atoms with van der Waals surface area (Å²) in [6.45, 7) is 0. The lowest BCUT2D eigenvalue weighted by Gasteiger charge is -2.20. The van der Waals surface area contributed by atoms with Crippen LogP contribution in [0.1, 0.15) is 48.0 Å². The van der Waals surface area contributed by atoms with Crippen molar-refractivity contribution in [1.82, 2.24) is 0 Å². The zero-order valence-corrected chi connectivity index (χ0v) is 12.0. The number of carbonyl (C=O) groups excluding carboxylic acids is 1. The van der Waals surface area contributed by atoms with E-state index >= 15 is 0 Å². The molecule has 104 valence electrons. The third-order valence-electron chi connectivity index (χ3n) is 3.48. The van der Waals surface area contributed by atoms with Crippen LogP contribution >= 0.6 is 11.8 Å². The highest BCUT2D eigenvalue weighted by Crippen LogP contribution is 2.30. The number of esters is 1. The van der Waals surface area contributed by atoms with Gasteiger partial charge in [0.15, 0.2) is 0 Å². The van der Waals surface area contributed by atoms with Crippen LogP contribution in [-0.2, 0) is 10.5 Å². The third kappa shape index (κ3) is 3.96. The van der Waals surface area contributed by atoms with Crippen LogP contribution in [0, 0.1) is 5.82 Å². The summed E-state index contributed by atoms with van der Waals surface area (Å²) in [6.07, 6.45) is 6.51. The molecule has 1 fully saturated rings. The van der Waals surface area contributed by atoms with E-state index in [1.807, 2.05) is 17.8 Å². The molecule has 0 spiro atoms. The van der Waals surface area contributed by atoms with Crippen molar-refractivity contribution in [3.8, 4) is 0 Å². The first kappa shape index (κ1) is 14.4. The first-order valence-electron chi connectivity index (χ1n) is 6.69. The van der Waals surface area contributed by atoms with Crippen LogP contribution in [0.5, 0.6) is 0 Å². The second-order valence-corrected chi connectivity index (χ2v) is 6.17. The number of rotatable bonds is 4. The van der Waals surface area contributed by atoms with Gasteiger partial charge in [-0.2, -0.15) is 11.8 Å². The summed E-state index contributed by atoms with van der Waals surface area (Å²) >= 11 is 1.90. The molecule has 1 aliphatic carbocycles. The summed E-state index contributed by atoms with van der Waals surface area (Å²) in [7, 11) is 1.26. The monoisotopic (exact) mass is 282 g/mol. The van der Waals surface area contributed by atoms with Gasteiger partial charge in [-0.05, 0) is 30.5 Å². The van der Waals surface area contributed by atoms with Gasteiger partial charge in [0.1, 0.15) is 5.82 Å². The molecule has 0 unspecified atom stereocenters. The van der Waals surface area contributed by atoms with Crippen molar-refractivity contribution in [2.75, 3.05) is 7.11 Å². The fraction of sp³-hybridized carbons (Fsp3) is 0.533. The number of hydrogen-bond acceptors (Lipinski definition) is 3. The molecule has 2 rings (SSSR count). The number of methoxy groups -OCH3 is 1. The van der Waals surface area contributed by atoms with Crippen LogP contribution in [-0.4, -0.2) is 18.3 Å². The van der Waals surface area contributed by atoms with E-state index in [2.05, 4.69) is 4.74 Å². The molecule has 1 aliphatic rings. The van der Waals surface area contributed by atoms with Gasteiger partial charge in [0.25, 0.3) is 0 Å². The molecule has 0 saturated heterocycles. The van der Waals surface area contributed by atoms with Crippen molar-refractivity contribution in [2.45, 2.75) is 43.1 Å². The van der Waals surface area contributed by atoms with E-state index in [1.54, 1.807) is 0 Å². The largest absolute Gasteiger partial charge is 0.465 e. The Bertz CT molecular complexity index is 442. The predicted octanol–water partition coefficient (Wildman–Crippen LogP) is 4.18. The molecular weight excluding hydrogens is 263 g/mol. The number of hydrogen-bond donors (Lipinski definition) is 0. The van der Waals surface area contributed by atoms with E-state index in [9.17, 15) is 9.18 Å². The molecule has 0 aliphatic heterocycles. The average molecular weight is 282 g/mol. The van der Waals surface area contributed by atoms with E-state index < -0.39 is 11.8 Å². The van der Waals surface area contributed by atoms with Gasteiger partial charge < -0.3 is 4.74 Å². The van der Waals surface area contributed by atoms with Crippen LogP contribution in [0.15, 0.2) is 18.2 Å². The highest BCUT2D eigenvalue weighted by molar-refractivity contribution is 7.99. The highest BCUT2D eigenvalue weighted by atomic mass is 32.2. The summed E-state index contributed by atoms with van der Waals surface area (Å²) < 4.78 is 18.3. The Hall–Kier alpha value is -1.03. The second-order valence-electron chi connectivity index (χ2n) is 4.88. The number of halogens is 1. The van der Waals surface area contributed by atoms with Crippen molar-refractivity contribution >= 4 is 17.7 Å². The van der Waals surface area contributed by atoms with E-state index in [0.717, 1.165) is 11.3 Å². The van der Waals surface area contributed by atoms with Gasteiger partial charge in [0.2, 0.25) is 0 Å². The Labute approximate surface area is 117 Å². The molecule has 1 saturated carbocycles. The number of ether oxygens (including phenoxy) is 1. The Balaban J connectivity index is 1.94. The summed E-state index contributed by atoms with van der Waals surface area (Å²) in [5, 5.41) is 0.706. The molecule has 0 bridgehead atoms. The van der Waals surface area contributed by atoms with E-state index in [4.69, 9.17) is 0 Å². The Kier molecular flexibility index (Phi) is 5.25. The molecule has 2 nitrogen and oxygen atoms in total. The van der Waals surface area contributed by atoms with E-state index in [0.29, 0.717) is 5.25 Å². The smallest absolute Gasteiger partial charge is 0.340 e. The third-order valence-corrected chi connectivity index (χ3v) is 4.92. The van der Waals surface area contributed by atoms with Crippen molar-refractivity contribution in [2.24, 2.45) is 0 Å². The number of benzene rings is 1. The van der Waals surface area contributed by atoms with Crippen molar-refractivity contribution in [3.63, 3.8) is 0 Å².